The fourth-order valence-electron chi connectivity index (χ4n) is 1.11. The lowest BCUT2D eigenvalue weighted by Crippen LogP contribution is -2.28. The van der Waals surface area contributed by atoms with E-state index < -0.39 is 0 Å². The van der Waals surface area contributed by atoms with Crippen molar-refractivity contribution >= 4 is 6.29 Å². The highest BCUT2D eigenvalue weighted by Crippen LogP contribution is 2.14. The molecule has 0 unspecified atom stereocenters. The van der Waals surface area contributed by atoms with Gasteiger partial charge in [0.25, 0.3) is 0 Å². The van der Waals surface area contributed by atoms with Crippen molar-refractivity contribution in [3.63, 3.8) is 0 Å². The van der Waals surface area contributed by atoms with E-state index in [2.05, 4.69) is 13.8 Å². The molecule has 0 aromatic rings. The van der Waals surface area contributed by atoms with Crippen LogP contribution in [0.15, 0.2) is 0 Å². The van der Waals surface area contributed by atoms with E-state index in [1.807, 2.05) is 11.9 Å². The summed E-state index contributed by atoms with van der Waals surface area (Å²) in [7, 11) is 1.87. The van der Waals surface area contributed by atoms with Crippen molar-refractivity contribution in [2.45, 2.75) is 20.3 Å². The number of hydrogen-bond donors (Lipinski definition) is 1. The summed E-state index contributed by atoms with van der Waals surface area (Å²) in [6.07, 6.45) is 1.57. The Morgan fingerprint density at radius 2 is 2.00 bits per heavy atom. The van der Waals surface area contributed by atoms with E-state index in [1.165, 1.54) is 0 Å². The van der Waals surface area contributed by atoms with Crippen LogP contribution in [0.4, 0.5) is 0 Å². The fourth-order valence-corrected chi connectivity index (χ4v) is 1.11. The summed E-state index contributed by atoms with van der Waals surface area (Å²) in [6.45, 7) is 5.08. The number of aliphatic hydroxyl groups is 1. The molecule has 0 amide bonds. The van der Waals surface area contributed by atoms with Crippen LogP contribution in [-0.4, -0.2) is 36.6 Å². The predicted octanol–water partition coefficient (Wildman–Crippen LogP) is 0.729. The Kier molecular flexibility index (Phi) is 5.93. The maximum atomic E-state index is 10.2. The van der Waals surface area contributed by atoms with Crippen molar-refractivity contribution in [1.29, 1.82) is 0 Å². The summed E-state index contributed by atoms with van der Waals surface area (Å²) in [5.41, 5.74) is 0. The van der Waals surface area contributed by atoms with E-state index in [0.29, 0.717) is 18.3 Å². The molecular weight excluding hydrogens is 154 g/mol. The Hall–Kier alpha value is -0.410. The highest BCUT2D eigenvalue weighted by Gasteiger charge is 2.12. The Morgan fingerprint density at radius 1 is 1.42 bits per heavy atom. The van der Waals surface area contributed by atoms with E-state index in [-0.39, 0.29) is 6.73 Å². The van der Waals surface area contributed by atoms with Gasteiger partial charge in [-0.05, 0) is 18.9 Å². The van der Waals surface area contributed by atoms with Crippen LogP contribution in [0.25, 0.3) is 0 Å². The molecule has 0 aliphatic heterocycles. The Morgan fingerprint density at radius 3 is 2.42 bits per heavy atom. The van der Waals surface area contributed by atoms with E-state index in [9.17, 15) is 4.79 Å². The van der Waals surface area contributed by atoms with Gasteiger partial charge in [0.15, 0.2) is 0 Å². The minimum Gasteiger partial charge on any atom is -0.381 e. The van der Waals surface area contributed by atoms with Gasteiger partial charge in [-0.3, -0.25) is 4.90 Å². The molecule has 12 heavy (non-hydrogen) atoms. The van der Waals surface area contributed by atoms with E-state index >= 15 is 0 Å². The number of rotatable bonds is 6. The van der Waals surface area contributed by atoms with Gasteiger partial charge in [0.1, 0.15) is 6.29 Å². The number of hydrogen-bond acceptors (Lipinski definition) is 3. The molecule has 0 fully saturated rings. The Balaban J connectivity index is 3.69. The molecule has 0 saturated heterocycles. The van der Waals surface area contributed by atoms with Gasteiger partial charge < -0.3 is 9.90 Å². The van der Waals surface area contributed by atoms with Crippen LogP contribution in [0, 0.1) is 11.8 Å². The molecule has 0 aromatic heterocycles. The van der Waals surface area contributed by atoms with Crippen LogP contribution in [-0.2, 0) is 4.79 Å². The molecule has 2 atom stereocenters. The number of carbonyl (C=O) groups is 1. The average molecular weight is 173 g/mol. The van der Waals surface area contributed by atoms with Crippen molar-refractivity contribution in [3.8, 4) is 0 Å². The quantitative estimate of drug-likeness (QED) is 0.475. The smallest absolute Gasteiger partial charge is 0.120 e. The summed E-state index contributed by atoms with van der Waals surface area (Å²) in [5, 5.41) is 8.75. The lowest BCUT2D eigenvalue weighted by atomic mass is 9.93. The number of aliphatic hydroxyl groups excluding tert-OH is 1. The molecule has 0 spiro atoms. The van der Waals surface area contributed by atoms with Crippen LogP contribution in [0.2, 0.25) is 0 Å². The van der Waals surface area contributed by atoms with Gasteiger partial charge in [-0.2, -0.15) is 0 Å². The van der Waals surface area contributed by atoms with Crippen LogP contribution >= 0.6 is 0 Å². The van der Waals surface area contributed by atoms with Crippen LogP contribution in [0.1, 0.15) is 20.3 Å². The summed E-state index contributed by atoms with van der Waals surface area (Å²) in [6, 6.07) is 0. The predicted molar refractivity (Wildman–Crippen MR) is 48.7 cm³/mol. The van der Waals surface area contributed by atoms with Gasteiger partial charge >= 0.3 is 0 Å². The topological polar surface area (TPSA) is 40.5 Å². The van der Waals surface area contributed by atoms with Crippen molar-refractivity contribution in [2.24, 2.45) is 11.8 Å². The van der Waals surface area contributed by atoms with Gasteiger partial charge in [0.2, 0.25) is 0 Å². The monoisotopic (exact) mass is 173 g/mol. The lowest BCUT2D eigenvalue weighted by Gasteiger charge is -2.22. The number of nitrogens with zero attached hydrogens (tertiary/aromatic N) is 1. The minimum atomic E-state index is 0.0815. The van der Waals surface area contributed by atoms with E-state index in [4.69, 9.17) is 5.11 Å². The van der Waals surface area contributed by atoms with Crippen LogP contribution < -0.4 is 0 Å². The molecule has 0 aliphatic carbocycles. The number of aldehydes is 1. The van der Waals surface area contributed by atoms with Gasteiger partial charge in [-0.25, -0.2) is 0 Å². The molecule has 0 rings (SSSR count). The molecule has 72 valence electrons. The second-order valence-electron chi connectivity index (χ2n) is 3.54. The number of carbonyl (C=O) groups excluding carboxylic acids is 1. The third-order valence-corrected chi connectivity index (χ3v) is 2.28. The van der Waals surface area contributed by atoms with Crippen molar-refractivity contribution in [3.05, 3.63) is 0 Å². The molecule has 0 bridgehead atoms. The first-order chi connectivity index (χ1) is 5.61. The highest BCUT2D eigenvalue weighted by molar-refractivity contribution is 5.49. The Bertz CT molecular complexity index is 128. The first kappa shape index (κ1) is 11.6. The summed E-state index contributed by atoms with van der Waals surface area (Å²) < 4.78 is 0. The van der Waals surface area contributed by atoms with Crippen LogP contribution in [0.5, 0.6) is 0 Å². The Labute approximate surface area is 74.4 Å². The molecule has 0 saturated carbocycles. The molecule has 3 nitrogen and oxygen atoms in total. The van der Waals surface area contributed by atoms with Crippen molar-refractivity contribution < 1.29 is 9.90 Å². The van der Waals surface area contributed by atoms with Gasteiger partial charge in [0, 0.05) is 13.0 Å². The molecule has 0 radical (unpaired) electrons. The molecule has 1 N–H and O–H groups in total. The largest absolute Gasteiger partial charge is 0.381 e. The molecule has 0 aromatic carbocycles. The zero-order valence-electron chi connectivity index (χ0n) is 8.16. The summed E-state index contributed by atoms with van der Waals surface area (Å²) in [4.78, 5) is 12.1. The standard InChI is InChI=1S/C9H19NO2/c1-8(4-5-11)9(2)6-10(3)7-12/h5,8-9,12H,4,6-7H2,1-3H3/t8-,9+/m0/s1. The van der Waals surface area contributed by atoms with Crippen LogP contribution in [0.3, 0.4) is 0 Å². The van der Waals surface area contributed by atoms with Gasteiger partial charge in [-0.15, -0.1) is 0 Å². The highest BCUT2D eigenvalue weighted by atomic mass is 16.3. The first-order valence-electron chi connectivity index (χ1n) is 4.34. The SMILES string of the molecule is C[C@H](CN(C)CO)[C@@H](C)CC=O. The van der Waals surface area contributed by atoms with Crippen molar-refractivity contribution in [1.82, 2.24) is 4.90 Å². The summed E-state index contributed by atoms with van der Waals surface area (Å²) >= 11 is 0. The third-order valence-electron chi connectivity index (χ3n) is 2.28. The maximum absolute atomic E-state index is 10.2. The zero-order chi connectivity index (χ0) is 9.56. The molecule has 0 aliphatic rings. The van der Waals surface area contributed by atoms with Crippen molar-refractivity contribution in [2.75, 3.05) is 20.3 Å². The first-order valence-corrected chi connectivity index (χ1v) is 4.34. The zero-order valence-corrected chi connectivity index (χ0v) is 8.16. The second-order valence-corrected chi connectivity index (χ2v) is 3.54. The molecule has 0 heterocycles. The fraction of sp³-hybridized carbons (Fsp3) is 0.889. The normalized spacial score (nSPS) is 16.1. The minimum absolute atomic E-state index is 0.0815. The summed E-state index contributed by atoms with van der Waals surface area (Å²) in [5.74, 6) is 0.851. The van der Waals surface area contributed by atoms with E-state index in [0.717, 1.165) is 12.8 Å². The van der Waals surface area contributed by atoms with E-state index in [1.54, 1.807) is 0 Å². The maximum Gasteiger partial charge on any atom is 0.120 e. The molecular formula is C9H19NO2. The average Bonchev–Trinajstić information content (AvgIpc) is 2.04. The second kappa shape index (κ2) is 6.14. The molecule has 3 heteroatoms. The van der Waals surface area contributed by atoms with Gasteiger partial charge in [0.05, 0.1) is 6.73 Å². The third kappa shape index (κ3) is 4.46. The van der Waals surface area contributed by atoms with Gasteiger partial charge in [-0.1, -0.05) is 13.8 Å². The lowest BCUT2D eigenvalue weighted by molar-refractivity contribution is -0.108.